The van der Waals surface area contributed by atoms with Crippen molar-refractivity contribution in [2.24, 2.45) is 0 Å². The maximum atomic E-state index is 12.9. The first-order valence-corrected chi connectivity index (χ1v) is 6.49. The number of carbonyl (C=O) groups is 1. The average Bonchev–Trinajstić information content (AvgIpc) is 3.22. The minimum Gasteiger partial charge on any atom is -0.464 e. The van der Waals surface area contributed by atoms with Gasteiger partial charge in [-0.1, -0.05) is 0 Å². The Morgan fingerprint density at radius 2 is 2.09 bits per heavy atom. The van der Waals surface area contributed by atoms with Crippen molar-refractivity contribution in [3.05, 3.63) is 35.4 Å². The molecule has 9 heteroatoms. The van der Waals surface area contributed by atoms with E-state index in [4.69, 9.17) is 0 Å². The number of ether oxygens (including phenoxy) is 1. The molecule has 0 saturated heterocycles. The van der Waals surface area contributed by atoms with Gasteiger partial charge >= 0.3 is 12.1 Å². The fourth-order valence-electron chi connectivity index (χ4n) is 1.94. The fraction of sp³-hybridized carbons (Fsp3) is 0.385. The molecular formula is C13H11F3N4O2. The molecule has 0 N–H and O–H groups in total. The number of aromatic nitrogens is 4. The average molecular weight is 312 g/mol. The number of methoxy groups -OCH3 is 1. The van der Waals surface area contributed by atoms with Crippen molar-refractivity contribution in [1.82, 2.24) is 19.7 Å². The van der Waals surface area contributed by atoms with Gasteiger partial charge in [0.1, 0.15) is 5.69 Å². The van der Waals surface area contributed by atoms with Gasteiger partial charge in [-0.3, -0.25) is 0 Å². The number of hydrogen-bond donors (Lipinski definition) is 0. The van der Waals surface area contributed by atoms with Crippen LogP contribution in [0.3, 0.4) is 0 Å². The first-order valence-electron chi connectivity index (χ1n) is 6.49. The van der Waals surface area contributed by atoms with Crippen LogP contribution in [0, 0.1) is 0 Å². The van der Waals surface area contributed by atoms with Gasteiger partial charge < -0.3 is 4.74 Å². The molecule has 0 amide bonds. The summed E-state index contributed by atoms with van der Waals surface area (Å²) in [5.74, 6) is -0.876. The molecule has 2 aromatic rings. The highest BCUT2D eigenvalue weighted by Crippen LogP contribution is 2.40. The van der Waals surface area contributed by atoms with Gasteiger partial charge in [-0.2, -0.15) is 18.3 Å². The molecule has 22 heavy (non-hydrogen) atoms. The molecule has 1 aliphatic rings. The van der Waals surface area contributed by atoms with E-state index >= 15 is 0 Å². The summed E-state index contributed by atoms with van der Waals surface area (Å²) < 4.78 is 44.4. The summed E-state index contributed by atoms with van der Waals surface area (Å²) >= 11 is 0. The van der Waals surface area contributed by atoms with Crippen LogP contribution in [-0.2, 0) is 10.9 Å². The maximum absolute atomic E-state index is 12.9. The van der Waals surface area contributed by atoms with Crippen LogP contribution < -0.4 is 0 Å². The lowest BCUT2D eigenvalue weighted by molar-refractivity contribution is -0.141. The third-order valence-corrected chi connectivity index (χ3v) is 3.21. The predicted molar refractivity (Wildman–Crippen MR) is 67.5 cm³/mol. The van der Waals surface area contributed by atoms with Crippen LogP contribution >= 0.6 is 0 Å². The largest absolute Gasteiger partial charge is 0.464 e. The van der Waals surface area contributed by atoms with Gasteiger partial charge in [0, 0.05) is 17.8 Å². The molecule has 6 nitrogen and oxygen atoms in total. The Kier molecular flexibility index (Phi) is 3.34. The molecule has 1 aliphatic carbocycles. The minimum atomic E-state index is -4.57. The van der Waals surface area contributed by atoms with Crippen LogP contribution in [0.15, 0.2) is 18.3 Å². The van der Waals surface area contributed by atoms with E-state index in [1.807, 2.05) is 0 Å². The number of nitrogens with zero attached hydrogens (tertiary/aromatic N) is 4. The van der Waals surface area contributed by atoms with Crippen LogP contribution in [0.25, 0.3) is 5.95 Å². The highest BCUT2D eigenvalue weighted by molar-refractivity contribution is 5.86. The molecule has 0 aromatic carbocycles. The Balaban J connectivity index is 2.04. The number of rotatable bonds is 3. The normalized spacial score (nSPS) is 14.9. The Labute approximate surface area is 122 Å². The van der Waals surface area contributed by atoms with E-state index in [0.29, 0.717) is 5.69 Å². The van der Waals surface area contributed by atoms with Gasteiger partial charge in [0.25, 0.3) is 5.95 Å². The van der Waals surface area contributed by atoms with E-state index < -0.39 is 17.8 Å². The molecule has 2 heterocycles. The lowest BCUT2D eigenvalue weighted by Crippen LogP contribution is -2.14. The molecular weight excluding hydrogens is 301 g/mol. The molecule has 1 fully saturated rings. The third kappa shape index (κ3) is 2.78. The second kappa shape index (κ2) is 5.08. The van der Waals surface area contributed by atoms with E-state index in [2.05, 4.69) is 19.8 Å². The van der Waals surface area contributed by atoms with Crippen molar-refractivity contribution >= 4 is 5.97 Å². The van der Waals surface area contributed by atoms with Crippen molar-refractivity contribution in [3.8, 4) is 5.95 Å². The summed E-state index contributed by atoms with van der Waals surface area (Å²) in [6.07, 6.45) is -1.64. The van der Waals surface area contributed by atoms with Crippen LogP contribution in [0.2, 0.25) is 0 Å². The number of hydrogen-bond acceptors (Lipinski definition) is 5. The van der Waals surface area contributed by atoms with Crippen molar-refractivity contribution < 1.29 is 22.7 Å². The van der Waals surface area contributed by atoms with Gasteiger partial charge in [0.15, 0.2) is 5.69 Å². The van der Waals surface area contributed by atoms with E-state index in [0.717, 1.165) is 23.6 Å². The van der Waals surface area contributed by atoms with Crippen LogP contribution in [0.5, 0.6) is 0 Å². The maximum Gasteiger partial charge on any atom is 0.433 e. The molecule has 3 rings (SSSR count). The van der Waals surface area contributed by atoms with Crippen LogP contribution in [0.4, 0.5) is 13.2 Å². The fourth-order valence-corrected chi connectivity index (χ4v) is 1.94. The topological polar surface area (TPSA) is 69.9 Å². The van der Waals surface area contributed by atoms with E-state index in [-0.39, 0.29) is 17.6 Å². The first kappa shape index (κ1) is 14.5. The van der Waals surface area contributed by atoms with Gasteiger partial charge in [-0.25, -0.2) is 19.4 Å². The smallest absolute Gasteiger partial charge is 0.433 e. The van der Waals surface area contributed by atoms with E-state index in [1.54, 1.807) is 0 Å². The number of carbonyl (C=O) groups excluding carboxylic acids is 1. The SMILES string of the molecule is COC(=O)c1ccn(-c2nc(C3CC3)cc(C(F)(F)F)n2)n1. The molecule has 2 aromatic heterocycles. The second-order valence-electron chi connectivity index (χ2n) is 4.89. The Morgan fingerprint density at radius 1 is 1.36 bits per heavy atom. The molecule has 0 unspecified atom stereocenters. The zero-order valence-electron chi connectivity index (χ0n) is 11.5. The van der Waals surface area contributed by atoms with Crippen molar-refractivity contribution in [2.45, 2.75) is 24.9 Å². The standard InChI is InChI=1S/C13H11F3N4O2/c1-22-11(21)8-4-5-20(19-8)12-17-9(7-2-3-7)6-10(18-12)13(14,15)16/h4-7H,2-3H2,1H3. The molecule has 0 aliphatic heterocycles. The quantitative estimate of drug-likeness (QED) is 0.814. The summed E-state index contributed by atoms with van der Waals surface area (Å²) in [5, 5.41) is 3.85. The zero-order chi connectivity index (χ0) is 15.9. The van der Waals surface area contributed by atoms with Gasteiger partial charge in [-0.15, -0.1) is 0 Å². The number of alkyl halides is 3. The minimum absolute atomic E-state index is 0.0264. The monoisotopic (exact) mass is 312 g/mol. The molecule has 0 bridgehead atoms. The molecule has 1 saturated carbocycles. The molecule has 0 radical (unpaired) electrons. The summed E-state index contributed by atoms with van der Waals surface area (Å²) in [5.41, 5.74) is -0.710. The highest BCUT2D eigenvalue weighted by Gasteiger charge is 2.36. The van der Waals surface area contributed by atoms with Crippen molar-refractivity contribution in [3.63, 3.8) is 0 Å². The van der Waals surface area contributed by atoms with Crippen molar-refractivity contribution in [1.29, 1.82) is 0 Å². The van der Waals surface area contributed by atoms with Gasteiger partial charge in [0.05, 0.1) is 7.11 Å². The summed E-state index contributed by atoms with van der Waals surface area (Å²) in [4.78, 5) is 19.0. The highest BCUT2D eigenvalue weighted by atomic mass is 19.4. The number of esters is 1. The summed E-state index contributed by atoms with van der Waals surface area (Å²) in [6, 6.07) is 2.29. The number of halogens is 3. The van der Waals surface area contributed by atoms with Gasteiger partial charge in [0.2, 0.25) is 0 Å². The molecule has 0 atom stereocenters. The second-order valence-corrected chi connectivity index (χ2v) is 4.89. The summed E-state index contributed by atoms with van der Waals surface area (Å²) in [6.45, 7) is 0. The Bertz CT molecular complexity index is 722. The Morgan fingerprint density at radius 3 is 2.68 bits per heavy atom. The summed E-state index contributed by atoms with van der Waals surface area (Å²) in [7, 11) is 1.19. The van der Waals surface area contributed by atoms with Crippen LogP contribution in [-0.4, -0.2) is 32.8 Å². The van der Waals surface area contributed by atoms with Crippen LogP contribution in [0.1, 0.15) is 40.6 Å². The predicted octanol–water partition coefficient (Wildman–Crippen LogP) is 2.35. The van der Waals surface area contributed by atoms with E-state index in [1.165, 1.54) is 19.4 Å². The van der Waals surface area contributed by atoms with Crippen molar-refractivity contribution in [2.75, 3.05) is 7.11 Å². The lowest BCUT2D eigenvalue weighted by Gasteiger charge is -2.09. The molecule has 116 valence electrons. The lowest BCUT2D eigenvalue weighted by atomic mass is 10.2. The Hall–Kier alpha value is -2.45. The zero-order valence-corrected chi connectivity index (χ0v) is 11.5. The van der Waals surface area contributed by atoms with E-state index in [9.17, 15) is 18.0 Å². The van der Waals surface area contributed by atoms with Gasteiger partial charge in [-0.05, 0) is 25.0 Å². The third-order valence-electron chi connectivity index (χ3n) is 3.21. The first-order chi connectivity index (χ1) is 10.4. The molecule has 0 spiro atoms.